The maximum atomic E-state index is 11.9. The van der Waals surface area contributed by atoms with Gasteiger partial charge >= 0.3 is 5.97 Å². The third-order valence-corrected chi connectivity index (χ3v) is 3.65. The molecule has 2 N–H and O–H groups in total. The van der Waals surface area contributed by atoms with Crippen molar-refractivity contribution >= 4 is 23.5 Å². The Kier molecular flexibility index (Phi) is 7.25. The van der Waals surface area contributed by atoms with Crippen molar-refractivity contribution in [3.8, 4) is 0 Å². The first-order valence-corrected chi connectivity index (χ1v) is 7.80. The second kappa shape index (κ2) is 8.92. The van der Waals surface area contributed by atoms with Gasteiger partial charge in [-0.2, -0.15) is 0 Å². The molecule has 0 saturated carbocycles. The van der Waals surface area contributed by atoms with Gasteiger partial charge in [0.2, 0.25) is 11.8 Å². The zero-order valence-electron chi connectivity index (χ0n) is 13.9. The molecule has 23 heavy (non-hydrogen) atoms. The summed E-state index contributed by atoms with van der Waals surface area (Å²) < 4.78 is 0. The van der Waals surface area contributed by atoms with Crippen LogP contribution in [-0.2, 0) is 9.59 Å². The van der Waals surface area contributed by atoms with Gasteiger partial charge in [0.15, 0.2) is 0 Å². The van der Waals surface area contributed by atoms with Crippen LogP contribution in [0.25, 0.3) is 0 Å². The van der Waals surface area contributed by atoms with Gasteiger partial charge in [0, 0.05) is 31.6 Å². The van der Waals surface area contributed by atoms with Crippen molar-refractivity contribution in [1.82, 2.24) is 4.90 Å². The Morgan fingerprint density at radius 1 is 1.13 bits per heavy atom. The lowest BCUT2D eigenvalue weighted by atomic mass is 10.1. The van der Waals surface area contributed by atoms with E-state index < -0.39 is 5.97 Å². The van der Waals surface area contributed by atoms with E-state index in [1.165, 1.54) is 6.07 Å². The summed E-state index contributed by atoms with van der Waals surface area (Å²) in [6.45, 7) is 6.89. The highest BCUT2D eigenvalue weighted by atomic mass is 16.4. The van der Waals surface area contributed by atoms with E-state index in [0.717, 1.165) is 0 Å². The lowest BCUT2D eigenvalue weighted by Crippen LogP contribution is -2.30. The number of carboxylic acids is 1. The molecule has 0 aliphatic rings. The lowest BCUT2D eigenvalue weighted by molar-refractivity contribution is -0.131. The highest BCUT2D eigenvalue weighted by Gasteiger charge is 2.11. The van der Waals surface area contributed by atoms with Gasteiger partial charge in [0.25, 0.3) is 0 Å². The Balaban J connectivity index is 2.47. The number of nitrogens with zero attached hydrogens (tertiary/aromatic N) is 1. The molecule has 1 rings (SSSR count). The van der Waals surface area contributed by atoms with Crippen LogP contribution in [0.2, 0.25) is 0 Å². The minimum absolute atomic E-state index is 0.0597. The average Bonchev–Trinajstić information content (AvgIpc) is 2.48. The van der Waals surface area contributed by atoms with Gasteiger partial charge in [-0.1, -0.05) is 0 Å². The van der Waals surface area contributed by atoms with Crippen LogP contribution in [-0.4, -0.2) is 40.9 Å². The summed E-state index contributed by atoms with van der Waals surface area (Å²) >= 11 is 0. The van der Waals surface area contributed by atoms with Crippen LogP contribution in [0.1, 0.15) is 49.0 Å². The topological polar surface area (TPSA) is 86.7 Å². The number of carbonyl (C=O) groups excluding carboxylic acids is 2. The van der Waals surface area contributed by atoms with Crippen LogP contribution < -0.4 is 5.32 Å². The molecule has 2 amide bonds. The van der Waals surface area contributed by atoms with Crippen molar-refractivity contribution in [3.63, 3.8) is 0 Å². The van der Waals surface area contributed by atoms with E-state index in [2.05, 4.69) is 5.32 Å². The van der Waals surface area contributed by atoms with Crippen LogP contribution in [0.3, 0.4) is 0 Å². The standard InChI is InChI=1S/C17H24N2O4/c1-4-19(5-2)16(21)8-6-7-15(20)18-13-9-10-14(17(22)23)12(3)11-13/h9-11H,4-8H2,1-3H3,(H,18,20)(H,22,23). The van der Waals surface area contributed by atoms with Gasteiger partial charge in [0.1, 0.15) is 0 Å². The van der Waals surface area contributed by atoms with E-state index in [4.69, 9.17) is 5.11 Å². The molecule has 0 heterocycles. The zero-order chi connectivity index (χ0) is 17.4. The minimum atomic E-state index is -0.990. The predicted octanol–water partition coefficient (Wildman–Crippen LogP) is 2.67. The molecule has 0 atom stereocenters. The number of carboxylic acid groups (broad SMARTS) is 1. The minimum Gasteiger partial charge on any atom is -0.478 e. The summed E-state index contributed by atoms with van der Waals surface area (Å²) in [4.78, 5) is 36.4. The van der Waals surface area contributed by atoms with Gasteiger partial charge in [-0.25, -0.2) is 4.79 Å². The molecular weight excluding hydrogens is 296 g/mol. The Hall–Kier alpha value is -2.37. The molecule has 0 unspecified atom stereocenters. The number of rotatable bonds is 8. The van der Waals surface area contributed by atoms with Crippen LogP contribution in [0.15, 0.2) is 18.2 Å². The molecule has 0 spiro atoms. The Morgan fingerprint density at radius 3 is 2.30 bits per heavy atom. The van der Waals surface area contributed by atoms with E-state index in [1.54, 1.807) is 24.0 Å². The molecule has 0 aliphatic heterocycles. The van der Waals surface area contributed by atoms with Gasteiger partial charge < -0.3 is 15.3 Å². The van der Waals surface area contributed by atoms with Crippen molar-refractivity contribution < 1.29 is 19.5 Å². The first-order chi connectivity index (χ1) is 10.9. The Labute approximate surface area is 136 Å². The fourth-order valence-electron chi connectivity index (χ4n) is 2.34. The van der Waals surface area contributed by atoms with Crippen molar-refractivity contribution in [3.05, 3.63) is 29.3 Å². The predicted molar refractivity (Wildman–Crippen MR) is 88.5 cm³/mol. The number of aryl methyl sites for hydroxylation is 1. The third kappa shape index (κ3) is 5.73. The monoisotopic (exact) mass is 320 g/mol. The second-order valence-electron chi connectivity index (χ2n) is 5.30. The summed E-state index contributed by atoms with van der Waals surface area (Å²) in [6.07, 6.45) is 1.10. The highest BCUT2D eigenvalue weighted by molar-refractivity contribution is 5.93. The Bertz CT molecular complexity index is 580. The molecule has 0 bridgehead atoms. The number of amides is 2. The van der Waals surface area contributed by atoms with Crippen molar-refractivity contribution in [2.45, 2.75) is 40.0 Å². The van der Waals surface area contributed by atoms with Crippen LogP contribution >= 0.6 is 0 Å². The molecule has 0 fully saturated rings. The molecule has 0 radical (unpaired) electrons. The number of hydrogen-bond acceptors (Lipinski definition) is 3. The molecule has 6 heteroatoms. The van der Waals surface area contributed by atoms with Gasteiger partial charge in [0.05, 0.1) is 5.56 Å². The summed E-state index contributed by atoms with van der Waals surface area (Å²) in [5.74, 6) is -1.11. The van der Waals surface area contributed by atoms with Crippen LogP contribution in [0, 0.1) is 6.92 Å². The fourth-order valence-corrected chi connectivity index (χ4v) is 2.34. The van der Waals surface area contributed by atoms with Crippen molar-refractivity contribution in [2.75, 3.05) is 18.4 Å². The van der Waals surface area contributed by atoms with E-state index in [-0.39, 0.29) is 23.8 Å². The maximum absolute atomic E-state index is 11.9. The molecule has 0 saturated heterocycles. The summed E-state index contributed by atoms with van der Waals surface area (Å²) in [5.41, 5.74) is 1.37. The lowest BCUT2D eigenvalue weighted by Gasteiger charge is -2.18. The van der Waals surface area contributed by atoms with E-state index in [9.17, 15) is 14.4 Å². The van der Waals surface area contributed by atoms with Crippen molar-refractivity contribution in [1.29, 1.82) is 0 Å². The SMILES string of the molecule is CCN(CC)C(=O)CCCC(=O)Nc1ccc(C(=O)O)c(C)c1. The third-order valence-electron chi connectivity index (χ3n) is 3.65. The molecule has 6 nitrogen and oxygen atoms in total. The van der Waals surface area contributed by atoms with E-state index in [0.29, 0.717) is 37.2 Å². The summed E-state index contributed by atoms with van der Waals surface area (Å²) in [5, 5.41) is 11.7. The van der Waals surface area contributed by atoms with Gasteiger partial charge in [-0.3, -0.25) is 9.59 Å². The fraction of sp³-hybridized carbons (Fsp3) is 0.471. The highest BCUT2D eigenvalue weighted by Crippen LogP contribution is 2.15. The van der Waals surface area contributed by atoms with Gasteiger partial charge in [-0.15, -0.1) is 0 Å². The molecule has 0 aromatic heterocycles. The van der Waals surface area contributed by atoms with E-state index >= 15 is 0 Å². The quantitative estimate of drug-likeness (QED) is 0.771. The number of anilines is 1. The molecule has 0 aliphatic carbocycles. The second-order valence-corrected chi connectivity index (χ2v) is 5.30. The molecule has 1 aromatic rings. The first kappa shape index (κ1) is 18.7. The van der Waals surface area contributed by atoms with Crippen molar-refractivity contribution in [2.24, 2.45) is 0 Å². The number of hydrogen-bond donors (Lipinski definition) is 2. The largest absolute Gasteiger partial charge is 0.478 e. The Morgan fingerprint density at radius 2 is 1.78 bits per heavy atom. The average molecular weight is 320 g/mol. The van der Waals surface area contributed by atoms with Gasteiger partial charge in [-0.05, 0) is 51.0 Å². The number of carbonyl (C=O) groups is 3. The molecule has 1 aromatic carbocycles. The smallest absolute Gasteiger partial charge is 0.335 e. The normalized spacial score (nSPS) is 10.2. The first-order valence-electron chi connectivity index (χ1n) is 7.80. The zero-order valence-corrected chi connectivity index (χ0v) is 13.9. The van der Waals surface area contributed by atoms with E-state index in [1.807, 2.05) is 13.8 Å². The maximum Gasteiger partial charge on any atom is 0.335 e. The number of nitrogens with one attached hydrogen (secondary N) is 1. The number of aromatic carboxylic acids is 1. The summed E-state index contributed by atoms with van der Waals surface area (Å²) in [7, 11) is 0. The van der Waals surface area contributed by atoms with Crippen LogP contribution in [0.5, 0.6) is 0 Å². The molecular formula is C17H24N2O4. The van der Waals surface area contributed by atoms with Crippen LogP contribution in [0.4, 0.5) is 5.69 Å². The summed E-state index contributed by atoms with van der Waals surface area (Å²) in [6, 6.07) is 4.66. The number of benzene rings is 1. The molecule has 126 valence electrons.